The normalized spacial score (nSPS) is 10.8. The number of hydrogen-bond acceptors (Lipinski definition) is 4. The molecule has 0 aliphatic heterocycles. The number of rotatable bonds is 2. The van der Waals surface area contributed by atoms with E-state index in [4.69, 9.17) is 27.9 Å². The Morgan fingerprint density at radius 3 is 3.05 bits per heavy atom. The minimum absolute atomic E-state index is 0.243. The Morgan fingerprint density at radius 2 is 2.21 bits per heavy atom. The lowest BCUT2D eigenvalue weighted by Crippen LogP contribution is -2.22. The number of aromatic nitrogens is 2. The van der Waals surface area contributed by atoms with Crippen LogP contribution in [0.25, 0.3) is 11.0 Å². The molecule has 3 rings (SSSR count). The highest BCUT2D eigenvalue weighted by atomic mass is 35.5. The summed E-state index contributed by atoms with van der Waals surface area (Å²) in [7, 11) is 0. The van der Waals surface area contributed by atoms with E-state index in [9.17, 15) is 5.21 Å². The van der Waals surface area contributed by atoms with Gasteiger partial charge in [0.2, 0.25) is 11.0 Å². The van der Waals surface area contributed by atoms with E-state index >= 15 is 0 Å². The lowest BCUT2D eigenvalue weighted by molar-refractivity contribution is -0.782. The van der Waals surface area contributed by atoms with Crippen LogP contribution in [-0.4, -0.2) is 5.16 Å². The lowest BCUT2D eigenvalue weighted by Gasteiger charge is -2.07. The minimum Gasteiger partial charge on any atom is -0.455 e. The fraction of sp³-hybridized carbons (Fsp3) is 0. The first-order valence-corrected chi connectivity index (χ1v) is 5.94. The number of fused-ring (bicyclic) bond motifs is 1. The summed E-state index contributed by atoms with van der Waals surface area (Å²) in [4.78, 5) is 0.287. The van der Waals surface area contributed by atoms with Crippen LogP contribution in [0.2, 0.25) is 10.0 Å². The van der Waals surface area contributed by atoms with Crippen LogP contribution in [0.15, 0.2) is 35.0 Å². The Labute approximate surface area is 117 Å². The van der Waals surface area contributed by atoms with Crippen molar-refractivity contribution >= 4 is 34.2 Å². The molecule has 0 N–H and O–H groups in total. The third kappa shape index (κ3) is 2.18. The predicted octanol–water partition coefficient (Wildman–Crippen LogP) is 3.36. The van der Waals surface area contributed by atoms with Crippen LogP contribution < -0.4 is 9.64 Å². The Bertz CT molecular complexity index is 758. The standard InChI is InChI=1S/C12H5Cl2N2O3/c13-8-2-1-3-11(12(8)14)18-7-4-5-9-10(6-7)16(17)19-15-9/h1-3,5-6H. The van der Waals surface area contributed by atoms with Gasteiger partial charge in [-0.2, -0.15) is 0 Å². The van der Waals surface area contributed by atoms with Gasteiger partial charge >= 0.3 is 0 Å². The van der Waals surface area contributed by atoms with Crippen LogP contribution in [0.1, 0.15) is 0 Å². The average molecular weight is 296 g/mol. The molecule has 95 valence electrons. The van der Waals surface area contributed by atoms with Gasteiger partial charge in [0.15, 0.2) is 0 Å². The second-order valence-electron chi connectivity index (χ2n) is 3.65. The number of nitrogens with zero attached hydrogens (tertiary/aromatic N) is 2. The fourth-order valence-electron chi connectivity index (χ4n) is 1.54. The Balaban J connectivity index is 2.01. The highest BCUT2D eigenvalue weighted by Gasteiger charge is 2.12. The molecule has 0 aliphatic carbocycles. The Morgan fingerprint density at radius 1 is 1.37 bits per heavy atom. The summed E-state index contributed by atoms with van der Waals surface area (Å²) in [6.45, 7) is 0. The molecule has 3 aromatic rings. The van der Waals surface area contributed by atoms with Gasteiger partial charge < -0.3 is 9.94 Å². The van der Waals surface area contributed by atoms with Crippen LogP contribution in [0.5, 0.6) is 11.5 Å². The Kier molecular flexibility index (Phi) is 2.93. The summed E-state index contributed by atoms with van der Waals surface area (Å²) >= 11 is 11.9. The molecule has 0 saturated carbocycles. The first-order valence-electron chi connectivity index (χ1n) is 5.18. The highest BCUT2D eigenvalue weighted by molar-refractivity contribution is 6.42. The number of ether oxygens (including phenoxy) is 1. The van der Waals surface area contributed by atoms with E-state index in [1.54, 1.807) is 18.2 Å². The van der Waals surface area contributed by atoms with Gasteiger partial charge in [0.1, 0.15) is 16.5 Å². The smallest absolute Gasteiger partial charge is 0.249 e. The van der Waals surface area contributed by atoms with E-state index in [1.807, 2.05) is 0 Å². The van der Waals surface area contributed by atoms with Crippen LogP contribution in [0.3, 0.4) is 0 Å². The first kappa shape index (κ1) is 12.1. The summed E-state index contributed by atoms with van der Waals surface area (Å²) in [6, 6.07) is 10.8. The molecule has 0 spiro atoms. The van der Waals surface area contributed by atoms with E-state index in [-0.39, 0.29) is 15.4 Å². The molecule has 0 atom stereocenters. The number of hydrogen-bond donors (Lipinski definition) is 0. The molecule has 19 heavy (non-hydrogen) atoms. The molecule has 1 aromatic heterocycles. The summed E-state index contributed by atoms with van der Waals surface area (Å²) in [5.41, 5.74) is 0.631. The third-order valence-electron chi connectivity index (χ3n) is 2.43. The Hall–Kier alpha value is -1.98. The number of benzene rings is 2. The van der Waals surface area contributed by atoms with E-state index in [0.717, 1.165) is 0 Å². The van der Waals surface area contributed by atoms with Crippen molar-refractivity contribution in [3.05, 3.63) is 51.7 Å². The van der Waals surface area contributed by atoms with Gasteiger partial charge in [-0.05, 0) is 17.0 Å². The van der Waals surface area contributed by atoms with Crippen LogP contribution >= 0.6 is 23.2 Å². The maximum atomic E-state index is 11.3. The van der Waals surface area contributed by atoms with E-state index in [2.05, 4.69) is 15.9 Å². The molecule has 5 nitrogen and oxygen atoms in total. The summed E-state index contributed by atoms with van der Waals surface area (Å²) in [5, 5.41) is 15.5. The molecule has 0 aliphatic rings. The summed E-state index contributed by atoms with van der Waals surface area (Å²) in [6.07, 6.45) is 0. The monoisotopic (exact) mass is 295 g/mol. The van der Waals surface area contributed by atoms with E-state index < -0.39 is 0 Å². The van der Waals surface area contributed by atoms with Gasteiger partial charge in [-0.1, -0.05) is 29.3 Å². The molecule has 7 heteroatoms. The van der Waals surface area contributed by atoms with Crippen molar-refractivity contribution in [1.29, 1.82) is 0 Å². The largest absolute Gasteiger partial charge is 0.455 e. The SMILES string of the molecule is [O-][n+]1onc2c[c]c(Oc3cccc(Cl)c3Cl)cc21. The van der Waals surface area contributed by atoms with Crippen molar-refractivity contribution in [3.63, 3.8) is 0 Å². The zero-order valence-corrected chi connectivity index (χ0v) is 10.8. The van der Waals surface area contributed by atoms with Crippen LogP contribution in [-0.2, 0) is 0 Å². The maximum absolute atomic E-state index is 11.3. The molecule has 1 heterocycles. The highest BCUT2D eigenvalue weighted by Crippen LogP contribution is 2.34. The average Bonchev–Trinajstić information content (AvgIpc) is 2.77. The molecule has 0 saturated heterocycles. The van der Waals surface area contributed by atoms with Crippen molar-refractivity contribution in [2.75, 3.05) is 0 Å². The molecule has 2 aromatic carbocycles. The molecule has 1 radical (unpaired) electrons. The number of halogens is 2. The molecule has 0 fully saturated rings. The van der Waals surface area contributed by atoms with Crippen molar-refractivity contribution in [1.82, 2.24) is 5.16 Å². The second-order valence-corrected chi connectivity index (χ2v) is 4.44. The maximum Gasteiger partial charge on any atom is 0.249 e. The topological polar surface area (TPSA) is 62.2 Å². The van der Waals surface area contributed by atoms with Crippen LogP contribution in [0, 0.1) is 11.3 Å². The second kappa shape index (κ2) is 4.60. The molecule has 0 amide bonds. The van der Waals surface area contributed by atoms with Gasteiger partial charge in [-0.3, -0.25) is 4.63 Å². The molecule has 0 bridgehead atoms. The third-order valence-corrected chi connectivity index (χ3v) is 3.23. The first-order chi connectivity index (χ1) is 9.15. The van der Waals surface area contributed by atoms with Crippen molar-refractivity contribution in [3.8, 4) is 11.5 Å². The van der Waals surface area contributed by atoms with Gasteiger partial charge in [0.25, 0.3) is 0 Å². The molecular weight excluding hydrogens is 291 g/mol. The predicted molar refractivity (Wildman–Crippen MR) is 68.3 cm³/mol. The summed E-state index contributed by atoms with van der Waals surface area (Å²) < 4.78 is 9.98. The summed E-state index contributed by atoms with van der Waals surface area (Å²) in [5.74, 6) is 0.683. The van der Waals surface area contributed by atoms with Crippen molar-refractivity contribution in [2.24, 2.45) is 0 Å². The fourth-order valence-corrected chi connectivity index (χ4v) is 1.87. The lowest BCUT2D eigenvalue weighted by atomic mass is 10.3. The minimum atomic E-state index is 0.243. The molecule has 0 unspecified atom stereocenters. The zero-order chi connectivity index (χ0) is 13.4. The van der Waals surface area contributed by atoms with E-state index in [1.165, 1.54) is 12.1 Å². The van der Waals surface area contributed by atoms with Gasteiger partial charge in [0, 0.05) is 23.4 Å². The van der Waals surface area contributed by atoms with E-state index in [0.29, 0.717) is 22.0 Å². The van der Waals surface area contributed by atoms with Crippen LogP contribution in [0.4, 0.5) is 0 Å². The molecular formula is C12H5Cl2N2O3. The van der Waals surface area contributed by atoms with Crippen molar-refractivity contribution < 1.29 is 14.3 Å². The van der Waals surface area contributed by atoms with Gasteiger partial charge in [0.05, 0.1) is 5.02 Å². The van der Waals surface area contributed by atoms with Crippen molar-refractivity contribution in [2.45, 2.75) is 0 Å². The zero-order valence-electron chi connectivity index (χ0n) is 9.26. The van der Waals surface area contributed by atoms with Gasteiger partial charge in [-0.25, -0.2) is 0 Å². The van der Waals surface area contributed by atoms with Gasteiger partial charge in [-0.15, -0.1) is 0 Å². The quantitative estimate of drug-likeness (QED) is 0.680.